The lowest BCUT2D eigenvalue weighted by Gasteiger charge is -2.37. The van der Waals surface area contributed by atoms with E-state index in [1.165, 1.54) is 6.26 Å². The van der Waals surface area contributed by atoms with E-state index in [0.717, 1.165) is 32.7 Å². The summed E-state index contributed by atoms with van der Waals surface area (Å²) in [5.41, 5.74) is 3.05. The van der Waals surface area contributed by atoms with Crippen LogP contribution >= 0.6 is 0 Å². The highest BCUT2D eigenvalue weighted by Crippen LogP contribution is 2.54. The highest BCUT2D eigenvalue weighted by atomic mass is 16.9. The highest BCUT2D eigenvalue weighted by molar-refractivity contribution is 6.12. The van der Waals surface area contributed by atoms with Gasteiger partial charge in [-0.05, 0) is 44.8 Å². The van der Waals surface area contributed by atoms with Crippen molar-refractivity contribution < 1.29 is 23.7 Å². The van der Waals surface area contributed by atoms with Gasteiger partial charge in [-0.1, -0.05) is 97.1 Å². The van der Waals surface area contributed by atoms with Crippen LogP contribution in [0.4, 0.5) is 0 Å². The summed E-state index contributed by atoms with van der Waals surface area (Å²) in [5, 5.41) is 4.45. The van der Waals surface area contributed by atoms with Crippen molar-refractivity contribution in [3.05, 3.63) is 138 Å². The number of benzene rings is 5. The Morgan fingerprint density at radius 3 is 1.87 bits per heavy atom. The highest BCUT2D eigenvalue weighted by Gasteiger charge is 2.56. The van der Waals surface area contributed by atoms with E-state index in [9.17, 15) is 4.79 Å². The minimum Gasteiger partial charge on any atom is -0.484 e. The minimum atomic E-state index is -1.41. The van der Waals surface area contributed by atoms with Crippen LogP contribution in [-0.4, -0.2) is 17.9 Å². The number of hydrogen-bond acceptors (Lipinski definition) is 5. The monoisotopic (exact) mass is 512 g/mol. The standard InChI is InChI=1S/C34H24O5/c35-31-27-15-5-6-18-29(27)37-30-19-34(36-20-28(30)31)38-32(25-16-7-11-21-9-1-3-13-23(21)25)33(39-34)26-17-8-12-22-10-2-4-14-24(22)26/h1-18,20,30,32-33H,19H2/t30-,32-,33-/m0/s1. The molecule has 0 aliphatic carbocycles. The van der Waals surface area contributed by atoms with Crippen LogP contribution in [0.25, 0.3) is 21.5 Å². The van der Waals surface area contributed by atoms with Crippen molar-refractivity contribution in [2.24, 2.45) is 0 Å². The van der Waals surface area contributed by atoms with Crippen molar-refractivity contribution in [2.75, 3.05) is 0 Å². The zero-order chi connectivity index (χ0) is 26.0. The molecule has 5 aromatic carbocycles. The fraction of sp³-hybridized carbons (Fsp3) is 0.147. The van der Waals surface area contributed by atoms with Gasteiger partial charge in [-0.3, -0.25) is 4.79 Å². The van der Waals surface area contributed by atoms with E-state index >= 15 is 0 Å². The topological polar surface area (TPSA) is 54.0 Å². The number of hydrogen-bond donors (Lipinski definition) is 0. The number of Topliss-reactive ketones (excluding diaryl/α,β-unsaturated/α-hetero) is 1. The van der Waals surface area contributed by atoms with Gasteiger partial charge in [0.1, 0.15) is 30.3 Å². The number of carbonyl (C=O) groups excluding carboxylic acids is 1. The molecule has 1 spiro atoms. The second-order valence-electron chi connectivity index (χ2n) is 10.2. The predicted molar refractivity (Wildman–Crippen MR) is 147 cm³/mol. The van der Waals surface area contributed by atoms with Crippen molar-refractivity contribution >= 4 is 27.3 Å². The third-order valence-electron chi connectivity index (χ3n) is 7.96. The molecule has 0 aromatic heterocycles. The smallest absolute Gasteiger partial charge is 0.331 e. The van der Waals surface area contributed by atoms with Crippen LogP contribution in [0.15, 0.2) is 121 Å². The van der Waals surface area contributed by atoms with E-state index < -0.39 is 24.3 Å². The van der Waals surface area contributed by atoms with Crippen LogP contribution in [0.2, 0.25) is 0 Å². The Kier molecular flexibility index (Phi) is 4.93. The van der Waals surface area contributed by atoms with Gasteiger partial charge in [-0.25, -0.2) is 0 Å². The normalized spacial score (nSPS) is 23.1. The molecular formula is C34H24O5. The fourth-order valence-corrected chi connectivity index (χ4v) is 6.13. The van der Waals surface area contributed by atoms with Gasteiger partial charge in [0.15, 0.2) is 5.78 Å². The van der Waals surface area contributed by atoms with Crippen molar-refractivity contribution in [3.63, 3.8) is 0 Å². The number of fused-ring (bicyclic) bond motifs is 4. The second-order valence-corrected chi connectivity index (χ2v) is 10.2. The SMILES string of the molecule is O=C1C2=COC3(C[C@@H]2Oc2ccccc21)O[C@@H](c1cccc2ccccc12)[C@H](c1cccc2ccccc12)O3. The van der Waals surface area contributed by atoms with E-state index in [0.29, 0.717) is 16.9 Å². The van der Waals surface area contributed by atoms with E-state index in [1.807, 2.05) is 54.6 Å². The van der Waals surface area contributed by atoms with Gasteiger partial charge < -0.3 is 18.9 Å². The maximum Gasteiger partial charge on any atom is 0.331 e. The maximum atomic E-state index is 13.2. The number of ether oxygens (including phenoxy) is 4. The number of rotatable bonds is 2. The largest absolute Gasteiger partial charge is 0.484 e. The lowest BCUT2D eigenvalue weighted by molar-refractivity contribution is -0.334. The van der Waals surface area contributed by atoms with Crippen molar-refractivity contribution in [1.29, 1.82) is 0 Å². The molecular weight excluding hydrogens is 488 g/mol. The minimum absolute atomic E-state index is 0.0918. The summed E-state index contributed by atoms with van der Waals surface area (Å²) in [4.78, 5) is 13.2. The molecule has 0 N–H and O–H groups in total. The molecule has 3 aliphatic heterocycles. The van der Waals surface area contributed by atoms with E-state index in [1.54, 1.807) is 6.07 Å². The Morgan fingerprint density at radius 2 is 1.21 bits per heavy atom. The summed E-state index contributed by atoms with van der Waals surface area (Å²) in [6.45, 7) is 0. The Hall–Kier alpha value is -4.45. The van der Waals surface area contributed by atoms with Crippen molar-refractivity contribution in [3.8, 4) is 5.75 Å². The molecule has 0 unspecified atom stereocenters. The second kappa shape index (κ2) is 8.53. The van der Waals surface area contributed by atoms with Crippen molar-refractivity contribution in [1.82, 2.24) is 0 Å². The molecule has 190 valence electrons. The molecule has 0 saturated carbocycles. The summed E-state index contributed by atoms with van der Waals surface area (Å²) < 4.78 is 26.1. The molecule has 0 bridgehead atoms. The first-order valence-electron chi connectivity index (χ1n) is 13.2. The molecule has 39 heavy (non-hydrogen) atoms. The molecule has 3 aliphatic rings. The van der Waals surface area contributed by atoms with Gasteiger partial charge in [0.25, 0.3) is 0 Å². The first-order valence-corrected chi connectivity index (χ1v) is 13.2. The molecule has 1 fully saturated rings. The zero-order valence-electron chi connectivity index (χ0n) is 21.0. The van der Waals surface area contributed by atoms with Gasteiger partial charge in [0, 0.05) is 0 Å². The lowest BCUT2D eigenvalue weighted by Crippen LogP contribution is -2.45. The number of carbonyl (C=O) groups is 1. The lowest BCUT2D eigenvalue weighted by atomic mass is 9.91. The molecule has 0 amide bonds. The molecule has 5 heteroatoms. The molecule has 1 saturated heterocycles. The van der Waals surface area contributed by atoms with Gasteiger partial charge in [-0.2, -0.15) is 0 Å². The Bertz CT molecular complexity index is 1710. The van der Waals surface area contributed by atoms with Crippen LogP contribution in [0.5, 0.6) is 5.75 Å². The van der Waals surface area contributed by atoms with Crippen molar-refractivity contribution in [2.45, 2.75) is 30.7 Å². The maximum absolute atomic E-state index is 13.2. The average Bonchev–Trinajstić information content (AvgIpc) is 3.34. The van der Waals surface area contributed by atoms with Gasteiger partial charge in [-0.15, -0.1) is 0 Å². The van der Waals surface area contributed by atoms with Crippen LogP contribution in [0.3, 0.4) is 0 Å². The van der Waals surface area contributed by atoms with Gasteiger partial charge >= 0.3 is 5.97 Å². The average molecular weight is 513 g/mol. The van der Waals surface area contributed by atoms with Crippen LogP contribution in [-0.2, 0) is 14.2 Å². The van der Waals surface area contributed by atoms with E-state index in [4.69, 9.17) is 18.9 Å². The number of para-hydroxylation sites is 1. The van der Waals surface area contributed by atoms with E-state index in [2.05, 4.69) is 48.5 Å². The summed E-state index contributed by atoms with van der Waals surface area (Å²) >= 11 is 0. The third-order valence-corrected chi connectivity index (χ3v) is 7.96. The Balaban J connectivity index is 1.25. The predicted octanol–water partition coefficient (Wildman–Crippen LogP) is 7.42. The third kappa shape index (κ3) is 3.51. The first-order chi connectivity index (χ1) is 19.2. The number of ketones is 1. The van der Waals surface area contributed by atoms with Crippen LogP contribution in [0, 0.1) is 0 Å². The summed E-state index contributed by atoms with van der Waals surface area (Å²) in [6.07, 6.45) is 0.243. The van der Waals surface area contributed by atoms with E-state index in [-0.39, 0.29) is 12.2 Å². The molecule has 5 nitrogen and oxygen atoms in total. The van der Waals surface area contributed by atoms with Gasteiger partial charge in [0.2, 0.25) is 0 Å². The zero-order valence-corrected chi connectivity index (χ0v) is 21.0. The summed E-state index contributed by atoms with van der Waals surface area (Å²) in [6, 6.07) is 36.3. The summed E-state index contributed by atoms with van der Waals surface area (Å²) in [5.74, 6) is -0.939. The molecule has 0 radical (unpaired) electrons. The van der Waals surface area contributed by atoms with Gasteiger partial charge in [0.05, 0.1) is 17.6 Å². The Morgan fingerprint density at radius 1 is 0.641 bits per heavy atom. The first kappa shape index (κ1) is 22.5. The molecule has 3 heterocycles. The molecule has 5 aromatic rings. The molecule has 3 atom stereocenters. The molecule has 8 rings (SSSR count). The quantitative estimate of drug-likeness (QED) is 0.246. The fourth-order valence-electron chi connectivity index (χ4n) is 6.13. The Labute approximate surface area is 225 Å². The van der Waals surface area contributed by atoms with Crippen LogP contribution < -0.4 is 4.74 Å². The summed E-state index contributed by atoms with van der Waals surface area (Å²) in [7, 11) is 0. The van der Waals surface area contributed by atoms with Crippen LogP contribution in [0.1, 0.15) is 40.1 Å².